The van der Waals surface area contributed by atoms with E-state index in [0.29, 0.717) is 22.0 Å². The zero-order chi connectivity index (χ0) is 21.9. The van der Waals surface area contributed by atoms with Crippen molar-refractivity contribution in [2.45, 2.75) is 19.8 Å². The van der Waals surface area contributed by atoms with Gasteiger partial charge in [-0.25, -0.2) is 10.2 Å². The highest BCUT2D eigenvalue weighted by molar-refractivity contribution is 6.31. The van der Waals surface area contributed by atoms with Gasteiger partial charge in [-0.15, -0.1) is 0 Å². The molecule has 0 spiro atoms. The van der Waals surface area contributed by atoms with Crippen molar-refractivity contribution in [3.63, 3.8) is 0 Å². The standard InChI is InChI=1S/C21H22ClN3O5/c1-14-6-7-16(11-18(14)22)24-19(26)8-9-20(27)25-23-12-15-4-3-5-17(10-15)30-13-21(28)29-2/h3-7,10-12H,8-9,13H2,1-2H3,(H,24,26)(H,25,27). The van der Waals surface area contributed by atoms with Gasteiger partial charge in [0.25, 0.3) is 0 Å². The Hall–Kier alpha value is -3.39. The average Bonchev–Trinajstić information content (AvgIpc) is 2.73. The molecule has 0 radical (unpaired) electrons. The molecule has 2 aromatic rings. The van der Waals surface area contributed by atoms with Crippen LogP contribution in [0.1, 0.15) is 24.0 Å². The zero-order valence-electron chi connectivity index (χ0n) is 16.6. The number of anilines is 1. The van der Waals surface area contributed by atoms with Crippen molar-refractivity contribution in [2.24, 2.45) is 5.10 Å². The van der Waals surface area contributed by atoms with Crippen LogP contribution in [-0.4, -0.2) is 37.7 Å². The summed E-state index contributed by atoms with van der Waals surface area (Å²) >= 11 is 6.02. The van der Waals surface area contributed by atoms with Crippen LogP contribution in [0.3, 0.4) is 0 Å². The van der Waals surface area contributed by atoms with Crippen molar-refractivity contribution in [1.29, 1.82) is 0 Å². The number of methoxy groups -OCH3 is 1. The largest absolute Gasteiger partial charge is 0.482 e. The Labute approximate surface area is 179 Å². The van der Waals surface area contributed by atoms with Crippen LogP contribution in [0.4, 0.5) is 5.69 Å². The Morgan fingerprint density at radius 1 is 1.10 bits per heavy atom. The molecule has 0 unspecified atom stereocenters. The van der Waals surface area contributed by atoms with Crippen LogP contribution in [0.15, 0.2) is 47.6 Å². The van der Waals surface area contributed by atoms with Gasteiger partial charge in [-0.2, -0.15) is 5.10 Å². The molecule has 2 aromatic carbocycles. The lowest BCUT2D eigenvalue weighted by Crippen LogP contribution is -2.20. The van der Waals surface area contributed by atoms with Gasteiger partial charge in [-0.1, -0.05) is 29.8 Å². The minimum atomic E-state index is -0.490. The van der Waals surface area contributed by atoms with E-state index in [-0.39, 0.29) is 25.4 Å². The van der Waals surface area contributed by atoms with E-state index in [4.69, 9.17) is 16.3 Å². The highest BCUT2D eigenvalue weighted by atomic mass is 35.5. The summed E-state index contributed by atoms with van der Waals surface area (Å²) in [6.45, 7) is 1.66. The highest BCUT2D eigenvalue weighted by Crippen LogP contribution is 2.20. The Morgan fingerprint density at radius 3 is 2.60 bits per heavy atom. The van der Waals surface area contributed by atoms with E-state index in [1.807, 2.05) is 6.92 Å². The summed E-state index contributed by atoms with van der Waals surface area (Å²) in [5.41, 5.74) is 4.50. The molecule has 0 aliphatic heterocycles. The van der Waals surface area contributed by atoms with Gasteiger partial charge < -0.3 is 14.8 Å². The Morgan fingerprint density at radius 2 is 1.87 bits per heavy atom. The number of nitrogens with one attached hydrogen (secondary N) is 2. The van der Waals surface area contributed by atoms with Gasteiger partial charge in [-0.05, 0) is 42.3 Å². The van der Waals surface area contributed by atoms with Crippen LogP contribution in [0.2, 0.25) is 5.02 Å². The Kier molecular flexibility index (Phi) is 8.83. The number of rotatable bonds is 9. The second-order valence-electron chi connectivity index (χ2n) is 6.24. The number of hydrogen-bond donors (Lipinski definition) is 2. The number of carbonyl (C=O) groups is 3. The van der Waals surface area contributed by atoms with Crippen LogP contribution in [0.5, 0.6) is 5.75 Å². The Balaban J connectivity index is 1.76. The van der Waals surface area contributed by atoms with E-state index in [1.54, 1.807) is 42.5 Å². The molecule has 2 N–H and O–H groups in total. The van der Waals surface area contributed by atoms with Crippen molar-refractivity contribution in [2.75, 3.05) is 19.0 Å². The van der Waals surface area contributed by atoms with Crippen LogP contribution in [0.25, 0.3) is 0 Å². The molecule has 0 bridgehead atoms. The van der Waals surface area contributed by atoms with Gasteiger partial charge in [0.15, 0.2) is 6.61 Å². The van der Waals surface area contributed by atoms with Crippen molar-refractivity contribution >= 4 is 41.3 Å². The molecule has 0 saturated carbocycles. The number of amides is 2. The van der Waals surface area contributed by atoms with E-state index < -0.39 is 11.9 Å². The SMILES string of the molecule is COC(=O)COc1cccc(C=NNC(=O)CCC(=O)Nc2ccc(C)c(Cl)c2)c1. The average molecular weight is 432 g/mol. The second-order valence-corrected chi connectivity index (χ2v) is 6.65. The predicted octanol–water partition coefficient (Wildman–Crippen LogP) is 3.07. The maximum Gasteiger partial charge on any atom is 0.343 e. The molecule has 2 rings (SSSR count). The van der Waals surface area contributed by atoms with Crippen molar-refractivity contribution in [3.8, 4) is 5.75 Å². The number of benzene rings is 2. The lowest BCUT2D eigenvalue weighted by molar-refractivity contribution is -0.142. The van der Waals surface area contributed by atoms with E-state index >= 15 is 0 Å². The Bertz CT molecular complexity index is 946. The quantitative estimate of drug-likeness (QED) is 0.360. The van der Waals surface area contributed by atoms with Crippen LogP contribution in [0, 0.1) is 6.92 Å². The molecule has 0 fully saturated rings. The highest BCUT2D eigenvalue weighted by Gasteiger charge is 2.08. The molecule has 0 atom stereocenters. The number of ether oxygens (including phenoxy) is 2. The number of hydrazone groups is 1. The van der Waals surface area contributed by atoms with Gasteiger partial charge in [0.2, 0.25) is 11.8 Å². The third-order valence-corrected chi connectivity index (χ3v) is 4.29. The van der Waals surface area contributed by atoms with E-state index in [9.17, 15) is 14.4 Å². The first-order chi connectivity index (χ1) is 14.4. The van der Waals surface area contributed by atoms with E-state index in [2.05, 4.69) is 20.6 Å². The number of carbonyl (C=O) groups excluding carboxylic acids is 3. The monoisotopic (exact) mass is 431 g/mol. The summed E-state index contributed by atoms with van der Waals surface area (Å²) in [7, 11) is 1.28. The van der Waals surface area contributed by atoms with E-state index in [0.717, 1.165) is 5.56 Å². The minimum Gasteiger partial charge on any atom is -0.482 e. The fourth-order valence-electron chi connectivity index (χ4n) is 2.24. The molecule has 0 aromatic heterocycles. The van der Waals surface area contributed by atoms with Gasteiger partial charge in [0.1, 0.15) is 5.75 Å². The summed E-state index contributed by atoms with van der Waals surface area (Å²) in [5.74, 6) is -0.731. The topological polar surface area (TPSA) is 106 Å². The maximum atomic E-state index is 12.0. The number of nitrogens with zero attached hydrogens (tertiary/aromatic N) is 1. The fourth-order valence-corrected chi connectivity index (χ4v) is 2.42. The van der Waals surface area contributed by atoms with Crippen LogP contribution in [-0.2, 0) is 19.1 Å². The molecule has 2 amide bonds. The van der Waals surface area contributed by atoms with Gasteiger partial charge in [0.05, 0.1) is 13.3 Å². The third-order valence-electron chi connectivity index (χ3n) is 3.88. The maximum absolute atomic E-state index is 12.0. The van der Waals surface area contributed by atoms with Crippen LogP contribution >= 0.6 is 11.6 Å². The van der Waals surface area contributed by atoms with Crippen molar-refractivity contribution in [1.82, 2.24) is 5.43 Å². The lowest BCUT2D eigenvalue weighted by atomic mass is 10.2. The molecule has 0 heterocycles. The van der Waals surface area contributed by atoms with Crippen LogP contribution < -0.4 is 15.5 Å². The summed E-state index contributed by atoms with van der Waals surface area (Å²) in [6.07, 6.45) is 1.41. The second kappa shape index (κ2) is 11.6. The summed E-state index contributed by atoms with van der Waals surface area (Å²) in [5, 5.41) is 7.10. The summed E-state index contributed by atoms with van der Waals surface area (Å²) < 4.78 is 9.78. The molecule has 8 nitrogen and oxygen atoms in total. The molecule has 0 saturated heterocycles. The predicted molar refractivity (Wildman–Crippen MR) is 114 cm³/mol. The van der Waals surface area contributed by atoms with Gasteiger partial charge in [0, 0.05) is 23.6 Å². The van der Waals surface area contributed by atoms with Gasteiger partial charge >= 0.3 is 5.97 Å². The first-order valence-electron chi connectivity index (χ1n) is 9.05. The minimum absolute atomic E-state index is 0.00367. The van der Waals surface area contributed by atoms with E-state index in [1.165, 1.54) is 13.3 Å². The molecule has 30 heavy (non-hydrogen) atoms. The smallest absolute Gasteiger partial charge is 0.343 e. The first-order valence-corrected chi connectivity index (χ1v) is 9.43. The fraction of sp³-hybridized carbons (Fsp3) is 0.238. The first kappa shape index (κ1) is 22.9. The van der Waals surface area contributed by atoms with Crippen molar-refractivity contribution in [3.05, 3.63) is 58.6 Å². The molecule has 158 valence electrons. The number of aryl methyl sites for hydroxylation is 1. The van der Waals surface area contributed by atoms with Gasteiger partial charge in [-0.3, -0.25) is 9.59 Å². The molecule has 0 aliphatic rings. The summed E-state index contributed by atoms with van der Waals surface area (Å²) in [6, 6.07) is 12.0. The third kappa shape index (κ3) is 7.92. The normalized spacial score (nSPS) is 10.5. The number of halogens is 1. The number of hydrogen-bond acceptors (Lipinski definition) is 6. The zero-order valence-corrected chi connectivity index (χ0v) is 17.4. The molecule has 9 heteroatoms. The molecular formula is C21H22ClN3O5. The summed E-state index contributed by atoms with van der Waals surface area (Å²) in [4.78, 5) is 34.9. The molecular weight excluding hydrogens is 410 g/mol. The lowest BCUT2D eigenvalue weighted by Gasteiger charge is -2.06. The molecule has 0 aliphatic carbocycles. The van der Waals surface area contributed by atoms with Crippen molar-refractivity contribution < 1.29 is 23.9 Å². The number of esters is 1.